The van der Waals surface area contributed by atoms with Gasteiger partial charge >= 0.3 is 5.97 Å². The average molecular weight is 305 g/mol. The number of rotatable bonds is 8. The lowest BCUT2D eigenvalue weighted by Gasteiger charge is -2.12. The van der Waals surface area contributed by atoms with Crippen LogP contribution in [-0.4, -0.2) is 25.5 Å². The molecule has 2 N–H and O–H groups in total. The molecule has 19 heavy (non-hydrogen) atoms. The fourth-order valence-electron chi connectivity index (χ4n) is 1.63. The van der Waals surface area contributed by atoms with Crippen LogP contribution in [0.4, 0.5) is 0 Å². The lowest BCUT2D eigenvalue weighted by Crippen LogP contribution is -2.32. The fourth-order valence-corrected chi connectivity index (χ4v) is 4.22. The molecular weight excluding hydrogens is 286 g/mol. The molecule has 1 atom stereocenters. The zero-order valence-electron chi connectivity index (χ0n) is 11.0. The van der Waals surface area contributed by atoms with Gasteiger partial charge in [0, 0.05) is 17.3 Å². The number of sulfonamides is 1. The SMILES string of the molecule is CCc1ccc(S(=O)(=O)NC(C)CCCC(=O)O)s1. The summed E-state index contributed by atoms with van der Waals surface area (Å²) in [6.07, 6.45) is 1.85. The topological polar surface area (TPSA) is 83.5 Å². The highest BCUT2D eigenvalue weighted by molar-refractivity contribution is 7.91. The molecule has 5 nitrogen and oxygen atoms in total. The third-order valence-corrected chi connectivity index (χ3v) is 5.95. The molecule has 0 aromatic carbocycles. The molecule has 0 aliphatic heterocycles. The summed E-state index contributed by atoms with van der Waals surface area (Å²) in [5.41, 5.74) is 0. The molecular formula is C12H19NO4S2. The van der Waals surface area contributed by atoms with E-state index < -0.39 is 16.0 Å². The predicted molar refractivity (Wildman–Crippen MR) is 75.0 cm³/mol. The van der Waals surface area contributed by atoms with Crippen LogP contribution < -0.4 is 4.72 Å². The van der Waals surface area contributed by atoms with Gasteiger partial charge in [-0.05, 0) is 38.3 Å². The van der Waals surface area contributed by atoms with Gasteiger partial charge in [-0.3, -0.25) is 4.79 Å². The van der Waals surface area contributed by atoms with E-state index in [9.17, 15) is 13.2 Å². The number of carboxylic acid groups (broad SMARTS) is 1. The molecule has 0 aliphatic rings. The van der Waals surface area contributed by atoms with E-state index in [0.717, 1.165) is 11.3 Å². The molecule has 7 heteroatoms. The van der Waals surface area contributed by atoms with Gasteiger partial charge in [0.2, 0.25) is 10.0 Å². The second-order valence-corrected chi connectivity index (χ2v) is 7.49. The first-order valence-electron chi connectivity index (χ1n) is 6.18. The Bertz CT molecular complexity index is 522. The van der Waals surface area contributed by atoms with Crippen molar-refractivity contribution in [2.45, 2.75) is 49.8 Å². The highest BCUT2D eigenvalue weighted by Gasteiger charge is 2.19. The molecule has 108 valence electrons. The molecule has 1 heterocycles. The molecule has 0 amide bonds. The number of nitrogens with one attached hydrogen (secondary N) is 1. The normalized spacial score (nSPS) is 13.4. The smallest absolute Gasteiger partial charge is 0.303 e. The number of thiophene rings is 1. The summed E-state index contributed by atoms with van der Waals surface area (Å²) in [5, 5.41) is 8.53. The van der Waals surface area contributed by atoms with Crippen molar-refractivity contribution in [2.24, 2.45) is 0 Å². The van der Waals surface area contributed by atoms with Gasteiger partial charge in [0.25, 0.3) is 0 Å². The maximum atomic E-state index is 12.1. The minimum Gasteiger partial charge on any atom is -0.481 e. The molecule has 0 radical (unpaired) electrons. The minimum absolute atomic E-state index is 0.0606. The molecule has 1 aromatic rings. The van der Waals surface area contributed by atoms with Gasteiger partial charge in [0.1, 0.15) is 4.21 Å². The Balaban J connectivity index is 2.56. The third kappa shape index (κ3) is 5.30. The largest absolute Gasteiger partial charge is 0.481 e. The molecule has 0 bridgehead atoms. The van der Waals surface area contributed by atoms with Crippen molar-refractivity contribution < 1.29 is 18.3 Å². The lowest BCUT2D eigenvalue weighted by molar-refractivity contribution is -0.137. The Labute approximate surface area is 117 Å². The van der Waals surface area contributed by atoms with Crippen molar-refractivity contribution in [3.8, 4) is 0 Å². The van der Waals surface area contributed by atoms with Crippen LogP contribution in [0, 0.1) is 0 Å². The van der Waals surface area contributed by atoms with Crippen LogP contribution in [-0.2, 0) is 21.2 Å². The molecule has 1 aromatic heterocycles. The van der Waals surface area contributed by atoms with E-state index in [-0.39, 0.29) is 12.5 Å². The van der Waals surface area contributed by atoms with Crippen LogP contribution in [0.15, 0.2) is 16.3 Å². The van der Waals surface area contributed by atoms with Crippen molar-refractivity contribution in [1.82, 2.24) is 4.72 Å². The molecule has 0 saturated carbocycles. The summed E-state index contributed by atoms with van der Waals surface area (Å²) in [6, 6.07) is 3.15. The molecule has 0 spiro atoms. The Morgan fingerprint density at radius 2 is 2.16 bits per heavy atom. The summed E-state index contributed by atoms with van der Waals surface area (Å²) in [6.45, 7) is 3.72. The Morgan fingerprint density at radius 1 is 1.47 bits per heavy atom. The zero-order valence-corrected chi connectivity index (χ0v) is 12.7. The van der Waals surface area contributed by atoms with Crippen molar-refractivity contribution in [3.05, 3.63) is 17.0 Å². The summed E-state index contributed by atoms with van der Waals surface area (Å²) < 4.78 is 27.0. The van der Waals surface area contributed by atoms with E-state index in [4.69, 9.17) is 5.11 Å². The van der Waals surface area contributed by atoms with E-state index in [0.29, 0.717) is 17.1 Å². The first-order valence-corrected chi connectivity index (χ1v) is 8.48. The summed E-state index contributed by atoms with van der Waals surface area (Å²) in [7, 11) is -3.48. The number of carboxylic acids is 1. The van der Waals surface area contributed by atoms with Crippen LogP contribution in [0.1, 0.15) is 38.0 Å². The van der Waals surface area contributed by atoms with Gasteiger partial charge in [-0.1, -0.05) is 6.92 Å². The number of aliphatic carboxylic acids is 1. The monoisotopic (exact) mass is 305 g/mol. The van der Waals surface area contributed by atoms with E-state index >= 15 is 0 Å². The molecule has 0 fully saturated rings. The quantitative estimate of drug-likeness (QED) is 0.771. The first-order chi connectivity index (χ1) is 8.85. The number of hydrogen-bond acceptors (Lipinski definition) is 4. The van der Waals surface area contributed by atoms with E-state index in [2.05, 4.69) is 4.72 Å². The predicted octanol–water partition coefficient (Wildman–Crippen LogP) is 2.23. The Morgan fingerprint density at radius 3 is 2.68 bits per heavy atom. The second-order valence-electron chi connectivity index (χ2n) is 4.38. The van der Waals surface area contributed by atoms with Crippen molar-refractivity contribution in [1.29, 1.82) is 0 Å². The zero-order chi connectivity index (χ0) is 14.5. The highest BCUT2D eigenvalue weighted by Crippen LogP contribution is 2.22. The standard InChI is InChI=1S/C12H19NO4S2/c1-3-10-7-8-12(18-10)19(16,17)13-9(2)5-4-6-11(14)15/h7-9,13H,3-6H2,1-2H3,(H,14,15). The highest BCUT2D eigenvalue weighted by atomic mass is 32.2. The second kappa shape index (κ2) is 7.02. The summed E-state index contributed by atoms with van der Waals surface area (Å²) >= 11 is 1.27. The molecule has 1 rings (SSSR count). The van der Waals surface area contributed by atoms with Gasteiger partial charge in [-0.15, -0.1) is 11.3 Å². The fraction of sp³-hybridized carbons (Fsp3) is 0.583. The van der Waals surface area contributed by atoms with Gasteiger partial charge in [-0.2, -0.15) is 0 Å². The molecule has 0 saturated heterocycles. The molecule has 0 aliphatic carbocycles. The van der Waals surface area contributed by atoms with Crippen LogP contribution >= 0.6 is 11.3 Å². The van der Waals surface area contributed by atoms with Crippen LogP contribution in [0.3, 0.4) is 0 Å². The number of carbonyl (C=O) groups is 1. The number of hydrogen-bond donors (Lipinski definition) is 2. The van der Waals surface area contributed by atoms with Gasteiger partial charge in [0.05, 0.1) is 0 Å². The maximum Gasteiger partial charge on any atom is 0.303 e. The third-order valence-electron chi connectivity index (χ3n) is 2.63. The Hall–Kier alpha value is -0.920. The van der Waals surface area contributed by atoms with Gasteiger partial charge in [-0.25, -0.2) is 13.1 Å². The summed E-state index contributed by atoms with van der Waals surface area (Å²) in [5.74, 6) is -0.860. The van der Waals surface area contributed by atoms with Crippen LogP contribution in [0.2, 0.25) is 0 Å². The van der Waals surface area contributed by atoms with E-state index in [1.807, 2.05) is 13.0 Å². The van der Waals surface area contributed by atoms with Crippen molar-refractivity contribution in [2.75, 3.05) is 0 Å². The van der Waals surface area contributed by atoms with Crippen LogP contribution in [0.5, 0.6) is 0 Å². The van der Waals surface area contributed by atoms with E-state index in [1.54, 1.807) is 13.0 Å². The van der Waals surface area contributed by atoms with Crippen molar-refractivity contribution >= 4 is 27.3 Å². The maximum absolute atomic E-state index is 12.1. The average Bonchev–Trinajstić information content (AvgIpc) is 2.76. The van der Waals surface area contributed by atoms with Gasteiger partial charge in [0.15, 0.2) is 0 Å². The number of aryl methyl sites for hydroxylation is 1. The van der Waals surface area contributed by atoms with Crippen molar-refractivity contribution in [3.63, 3.8) is 0 Å². The summed E-state index contributed by atoms with van der Waals surface area (Å²) in [4.78, 5) is 11.4. The minimum atomic E-state index is -3.48. The molecule has 1 unspecified atom stereocenters. The Kier molecular flexibility index (Phi) is 5.96. The van der Waals surface area contributed by atoms with Gasteiger partial charge < -0.3 is 5.11 Å². The van der Waals surface area contributed by atoms with E-state index in [1.165, 1.54) is 11.3 Å². The first kappa shape index (κ1) is 16.1. The van der Waals surface area contributed by atoms with Crippen LogP contribution in [0.25, 0.3) is 0 Å². The lowest BCUT2D eigenvalue weighted by atomic mass is 10.1.